The molecule has 23 heavy (non-hydrogen) atoms. The summed E-state index contributed by atoms with van der Waals surface area (Å²) in [6, 6.07) is 0. The average molecular weight is 323 g/mol. The molecule has 0 radical (unpaired) electrons. The first kappa shape index (κ1) is 17.2. The van der Waals surface area contributed by atoms with Gasteiger partial charge in [0.25, 0.3) is 0 Å². The first-order valence-electron chi connectivity index (χ1n) is 9.72. The number of nitrogens with zero attached hydrogens (tertiary/aromatic N) is 1. The third-order valence-electron chi connectivity index (χ3n) is 6.40. The minimum atomic E-state index is -1.23. The summed E-state index contributed by atoms with van der Waals surface area (Å²) in [5.41, 5.74) is -1.23. The van der Waals surface area contributed by atoms with Gasteiger partial charge in [-0.3, -0.25) is 0 Å². The van der Waals surface area contributed by atoms with Gasteiger partial charge in [-0.15, -0.1) is 0 Å². The SMILES string of the molecule is CN1CCC(OC(=O)C(O)(C2CCCCC2)C2CCCCC2)C1. The van der Waals surface area contributed by atoms with E-state index in [0.717, 1.165) is 70.9 Å². The molecule has 4 heteroatoms. The molecule has 1 unspecified atom stereocenters. The van der Waals surface area contributed by atoms with E-state index in [9.17, 15) is 9.90 Å². The van der Waals surface area contributed by atoms with E-state index < -0.39 is 5.60 Å². The van der Waals surface area contributed by atoms with Gasteiger partial charge in [0.15, 0.2) is 5.60 Å². The zero-order valence-corrected chi connectivity index (χ0v) is 14.6. The normalized spacial score (nSPS) is 28.9. The zero-order chi connectivity index (χ0) is 16.3. The smallest absolute Gasteiger partial charge is 0.339 e. The van der Waals surface area contributed by atoms with Gasteiger partial charge in [0.2, 0.25) is 0 Å². The fraction of sp³-hybridized carbons (Fsp3) is 0.947. The number of carbonyl (C=O) groups excluding carboxylic acids is 1. The van der Waals surface area contributed by atoms with Crippen LogP contribution in [0.2, 0.25) is 0 Å². The third-order valence-corrected chi connectivity index (χ3v) is 6.40. The van der Waals surface area contributed by atoms with E-state index in [4.69, 9.17) is 4.74 Å². The summed E-state index contributed by atoms with van der Waals surface area (Å²) in [5, 5.41) is 11.6. The summed E-state index contributed by atoms with van der Waals surface area (Å²) >= 11 is 0. The second-order valence-corrected chi connectivity index (χ2v) is 8.07. The van der Waals surface area contributed by atoms with Crippen LogP contribution >= 0.6 is 0 Å². The van der Waals surface area contributed by atoms with Crippen LogP contribution in [0.15, 0.2) is 0 Å². The number of likely N-dealkylation sites (N-methyl/N-ethyl adjacent to an activating group) is 1. The Morgan fingerprint density at radius 2 is 1.48 bits per heavy atom. The minimum Gasteiger partial charge on any atom is -0.459 e. The average Bonchev–Trinajstić information content (AvgIpc) is 3.00. The molecule has 0 spiro atoms. The molecule has 2 aliphatic carbocycles. The number of hydrogen-bond acceptors (Lipinski definition) is 4. The molecule has 4 nitrogen and oxygen atoms in total. The Hall–Kier alpha value is -0.610. The Morgan fingerprint density at radius 3 is 1.91 bits per heavy atom. The maximum Gasteiger partial charge on any atom is 0.339 e. The fourth-order valence-electron chi connectivity index (χ4n) is 4.99. The van der Waals surface area contributed by atoms with Gasteiger partial charge in [-0.25, -0.2) is 4.79 Å². The van der Waals surface area contributed by atoms with Crippen LogP contribution in [-0.2, 0) is 9.53 Å². The predicted molar refractivity (Wildman–Crippen MR) is 90.1 cm³/mol. The molecule has 0 aromatic heterocycles. The van der Waals surface area contributed by atoms with E-state index in [1.54, 1.807) is 0 Å². The highest BCUT2D eigenvalue weighted by atomic mass is 16.6. The van der Waals surface area contributed by atoms with Crippen molar-refractivity contribution in [3.8, 4) is 0 Å². The van der Waals surface area contributed by atoms with Crippen LogP contribution in [-0.4, -0.2) is 47.8 Å². The highest BCUT2D eigenvalue weighted by Crippen LogP contribution is 2.44. The lowest BCUT2D eigenvalue weighted by Gasteiger charge is -2.43. The quantitative estimate of drug-likeness (QED) is 0.808. The largest absolute Gasteiger partial charge is 0.459 e. The van der Waals surface area contributed by atoms with E-state index in [1.165, 1.54) is 12.8 Å². The number of ether oxygens (including phenoxy) is 1. The second-order valence-electron chi connectivity index (χ2n) is 8.07. The molecule has 2 saturated carbocycles. The molecule has 0 aromatic carbocycles. The van der Waals surface area contributed by atoms with Crippen LogP contribution in [0.3, 0.4) is 0 Å². The van der Waals surface area contributed by atoms with E-state index >= 15 is 0 Å². The first-order valence-corrected chi connectivity index (χ1v) is 9.72. The van der Waals surface area contributed by atoms with Crippen molar-refractivity contribution in [3.63, 3.8) is 0 Å². The van der Waals surface area contributed by atoms with Gasteiger partial charge >= 0.3 is 5.97 Å². The molecular weight excluding hydrogens is 290 g/mol. The monoisotopic (exact) mass is 323 g/mol. The van der Waals surface area contributed by atoms with Crippen LogP contribution in [0.5, 0.6) is 0 Å². The van der Waals surface area contributed by atoms with Crippen molar-refractivity contribution in [1.82, 2.24) is 4.90 Å². The van der Waals surface area contributed by atoms with Crippen molar-refractivity contribution in [2.45, 2.75) is 82.3 Å². The summed E-state index contributed by atoms with van der Waals surface area (Å²) in [4.78, 5) is 15.2. The molecule has 1 atom stereocenters. The van der Waals surface area contributed by atoms with Crippen molar-refractivity contribution >= 4 is 5.97 Å². The molecule has 0 amide bonds. The maximum absolute atomic E-state index is 13.0. The molecule has 1 N–H and O–H groups in total. The Morgan fingerprint density at radius 1 is 0.957 bits per heavy atom. The van der Waals surface area contributed by atoms with Gasteiger partial charge in [-0.2, -0.15) is 0 Å². The van der Waals surface area contributed by atoms with Crippen molar-refractivity contribution in [2.24, 2.45) is 11.8 Å². The lowest BCUT2D eigenvalue weighted by molar-refractivity contribution is -0.189. The summed E-state index contributed by atoms with van der Waals surface area (Å²) < 4.78 is 5.82. The van der Waals surface area contributed by atoms with E-state index in [0.29, 0.717) is 0 Å². The van der Waals surface area contributed by atoms with Crippen molar-refractivity contribution < 1.29 is 14.6 Å². The Labute approximate surface area is 140 Å². The van der Waals surface area contributed by atoms with Crippen molar-refractivity contribution in [2.75, 3.05) is 20.1 Å². The minimum absolute atomic E-state index is 0.0359. The third kappa shape index (κ3) is 3.74. The van der Waals surface area contributed by atoms with Gasteiger partial charge < -0.3 is 14.7 Å². The van der Waals surface area contributed by atoms with Crippen molar-refractivity contribution in [1.29, 1.82) is 0 Å². The molecule has 1 saturated heterocycles. The Bertz CT molecular complexity index is 381. The summed E-state index contributed by atoms with van der Waals surface area (Å²) in [5.74, 6) is -0.103. The Kier molecular flexibility index (Phi) is 5.63. The van der Waals surface area contributed by atoms with Gasteiger partial charge in [0.05, 0.1) is 0 Å². The highest BCUT2D eigenvalue weighted by molar-refractivity contribution is 5.80. The molecule has 3 fully saturated rings. The topological polar surface area (TPSA) is 49.8 Å². The molecule has 1 heterocycles. The number of aliphatic hydroxyl groups is 1. The van der Waals surface area contributed by atoms with Gasteiger partial charge in [-0.1, -0.05) is 38.5 Å². The summed E-state index contributed by atoms with van der Waals surface area (Å²) in [7, 11) is 2.06. The predicted octanol–water partition coefficient (Wildman–Crippen LogP) is 3.13. The van der Waals surface area contributed by atoms with Crippen LogP contribution in [0.4, 0.5) is 0 Å². The van der Waals surface area contributed by atoms with Gasteiger partial charge in [-0.05, 0) is 51.0 Å². The number of carbonyl (C=O) groups is 1. The number of hydrogen-bond donors (Lipinski definition) is 1. The maximum atomic E-state index is 13.0. The van der Waals surface area contributed by atoms with Crippen LogP contribution in [0.25, 0.3) is 0 Å². The molecule has 0 bridgehead atoms. The highest BCUT2D eigenvalue weighted by Gasteiger charge is 2.52. The molecular formula is C19H33NO3. The summed E-state index contributed by atoms with van der Waals surface area (Å²) in [6.45, 7) is 1.78. The molecule has 132 valence electrons. The second kappa shape index (κ2) is 7.52. The number of rotatable bonds is 4. The van der Waals surface area contributed by atoms with Gasteiger partial charge in [0.1, 0.15) is 6.10 Å². The number of likely N-dealkylation sites (tertiary alicyclic amines) is 1. The van der Waals surface area contributed by atoms with E-state index in [1.807, 2.05) is 0 Å². The lowest BCUT2D eigenvalue weighted by atomic mass is 9.66. The Balaban J connectivity index is 1.74. The molecule has 0 aromatic rings. The fourth-order valence-corrected chi connectivity index (χ4v) is 4.99. The van der Waals surface area contributed by atoms with Crippen LogP contribution in [0.1, 0.15) is 70.6 Å². The van der Waals surface area contributed by atoms with E-state index in [-0.39, 0.29) is 23.9 Å². The molecule has 3 rings (SSSR count). The first-order chi connectivity index (χ1) is 11.1. The molecule has 3 aliphatic rings. The standard InChI is InChI=1S/C19H33NO3/c1-20-13-12-17(14-20)23-18(21)19(22,15-8-4-2-5-9-15)16-10-6-3-7-11-16/h15-17,22H,2-14H2,1H3. The lowest BCUT2D eigenvalue weighted by Crippen LogP contribution is -2.54. The van der Waals surface area contributed by atoms with Crippen molar-refractivity contribution in [3.05, 3.63) is 0 Å². The summed E-state index contributed by atoms with van der Waals surface area (Å²) in [6.07, 6.45) is 11.8. The number of esters is 1. The zero-order valence-electron chi connectivity index (χ0n) is 14.6. The van der Waals surface area contributed by atoms with Crippen LogP contribution < -0.4 is 0 Å². The van der Waals surface area contributed by atoms with Gasteiger partial charge in [0, 0.05) is 13.1 Å². The van der Waals surface area contributed by atoms with E-state index in [2.05, 4.69) is 11.9 Å². The van der Waals surface area contributed by atoms with Crippen LogP contribution in [0, 0.1) is 11.8 Å². The molecule has 1 aliphatic heterocycles.